The fraction of sp³-hybridized carbons (Fsp3) is 0.389. The number of imidazole rings is 1. The Labute approximate surface area is 141 Å². The normalized spacial score (nSPS) is 18.5. The maximum Gasteiger partial charge on any atom is 0.141 e. The maximum atomic E-state index is 5.60. The van der Waals surface area contributed by atoms with Crippen LogP contribution in [0.3, 0.4) is 0 Å². The number of nitrogens with two attached hydrogens (primary N) is 1. The van der Waals surface area contributed by atoms with Crippen LogP contribution < -0.4 is 5.73 Å². The lowest BCUT2D eigenvalue weighted by Gasteiger charge is -2.19. The molecule has 0 spiro atoms. The van der Waals surface area contributed by atoms with Gasteiger partial charge in [0.1, 0.15) is 11.5 Å². The van der Waals surface area contributed by atoms with Crippen molar-refractivity contribution in [2.45, 2.75) is 32.2 Å². The van der Waals surface area contributed by atoms with Crippen molar-refractivity contribution in [3.63, 3.8) is 0 Å². The first kappa shape index (κ1) is 15.1. The topological polar surface area (TPSA) is 72.3 Å². The summed E-state index contributed by atoms with van der Waals surface area (Å²) in [5, 5.41) is 0. The summed E-state index contributed by atoms with van der Waals surface area (Å²) in [5.41, 5.74) is 9.52. The molecule has 124 valence electrons. The van der Waals surface area contributed by atoms with E-state index in [4.69, 9.17) is 10.7 Å². The van der Waals surface area contributed by atoms with E-state index in [0.717, 1.165) is 35.6 Å². The van der Waals surface area contributed by atoms with E-state index < -0.39 is 0 Å². The van der Waals surface area contributed by atoms with Gasteiger partial charge in [0.15, 0.2) is 0 Å². The molecule has 24 heavy (non-hydrogen) atoms. The fourth-order valence-corrected chi connectivity index (χ4v) is 3.39. The minimum Gasteiger partial charge on any atom is -0.382 e. The van der Waals surface area contributed by atoms with Gasteiger partial charge in [-0.1, -0.05) is 0 Å². The van der Waals surface area contributed by atoms with E-state index in [-0.39, 0.29) is 0 Å². The van der Waals surface area contributed by atoms with Crippen LogP contribution in [0.15, 0.2) is 36.9 Å². The van der Waals surface area contributed by atoms with Crippen LogP contribution in [0.25, 0.3) is 16.9 Å². The van der Waals surface area contributed by atoms with Gasteiger partial charge in [0.05, 0.1) is 23.8 Å². The Morgan fingerprint density at radius 2 is 2.12 bits per heavy atom. The molecule has 0 radical (unpaired) electrons. The van der Waals surface area contributed by atoms with Crippen LogP contribution in [0.5, 0.6) is 0 Å². The van der Waals surface area contributed by atoms with Crippen LogP contribution in [0.2, 0.25) is 0 Å². The Bertz CT molecular complexity index is 838. The Morgan fingerprint density at radius 3 is 2.88 bits per heavy atom. The predicted molar refractivity (Wildman–Crippen MR) is 94.6 cm³/mol. The van der Waals surface area contributed by atoms with Crippen LogP contribution in [0.4, 0.5) is 5.82 Å². The number of hydrogen-bond acceptors (Lipinski definition) is 5. The van der Waals surface area contributed by atoms with Gasteiger partial charge in [-0.3, -0.25) is 4.98 Å². The number of nitrogens with zero attached hydrogens (tertiary/aromatic N) is 5. The number of nitrogen functional groups attached to an aromatic ring is 1. The SMILES string of the molecule is C[C@@H]1CCCN1CCc1cn2cc(-c3cnc(N)cn3)ccc2n1. The predicted octanol–water partition coefficient (Wildman–Crippen LogP) is 2.40. The quantitative estimate of drug-likeness (QED) is 0.798. The Hall–Kier alpha value is -2.47. The maximum absolute atomic E-state index is 5.60. The highest BCUT2D eigenvalue weighted by atomic mass is 15.2. The number of pyridine rings is 1. The molecule has 0 unspecified atom stereocenters. The monoisotopic (exact) mass is 322 g/mol. The highest BCUT2D eigenvalue weighted by Crippen LogP contribution is 2.19. The van der Waals surface area contributed by atoms with Gasteiger partial charge in [0, 0.05) is 37.0 Å². The highest BCUT2D eigenvalue weighted by molar-refractivity contribution is 5.60. The van der Waals surface area contributed by atoms with E-state index in [2.05, 4.69) is 32.4 Å². The molecular formula is C18H22N6. The third-order valence-electron chi connectivity index (χ3n) is 4.81. The summed E-state index contributed by atoms with van der Waals surface area (Å²) >= 11 is 0. The number of hydrogen-bond donors (Lipinski definition) is 1. The minimum absolute atomic E-state index is 0.431. The van der Waals surface area contributed by atoms with E-state index in [9.17, 15) is 0 Å². The van der Waals surface area contributed by atoms with Gasteiger partial charge in [-0.2, -0.15) is 0 Å². The van der Waals surface area contributed by atoms with Gasteiger partial charge in [-0.25, -0.2) is 9.97 Å². The molecule has 0 saturated carbocycles. The first-order valence-electron chi connectivity index (χ1n) is 8.48. The Morgan fingerprint density at radius 1 is 1.21 bits per heavy atom. The average Bonchev–Trinajstić information content (AvgIpc) is 3.18. The molecule has 1 aliphatic rings. The van der Waals surface area contributed by atoms with Crippen molar-refractivity contribution in [3.05, 3.63) is 42.6 Å². The molecule has 1 aliphatic heterocycles. The van der Waals surface area contributed by atoms with Gasteiger partial charge in [0.25, 0.3) is 0 Å². The molecule has 0 bridgehead atoms. The van der Waals surface area contributed by atoms with E-state index in [0.29, 0.717) is 11.9 Å². The van der Waals surface area contributed by atoms with Crippen molar-refractivity contribution in [1.29, 1.82) is 0 Å². The van der Waals surface area contributed by atoms with Crippen molar-refractivity contribution >= 4 is 11.5 Å². The zero-order valence-corrected chi connectivity index (χ0v) is 13.9. The van der Waals surface area contributed by atoms with E-state index in [1.165, 1.54) is 19.4 Å². The third-order valence-corrected chi connectivity index (χ3v) is 4.81. The summed E-state index contributed by atoms with van der Waals surface area (Å²) in [4.78, 5) is 15.7. The Balaban J connectivity index is 1.53. The summed E-state index contributed by atoms with van der Waals surface area (Å²) in [6.07, 6.45) is 11.1. The van der Waals surface area contributed by atoms with Gasteiger partial charge >= 0.3 is 0 Å². The molecule has 0 amide bonds. The van der Waals surface area contributed by atoms with Crippen molar-refractivity contribution in [2.75, 3.05) is 18.8 Å². The molecule has 0 aromatic carbocycles. The number of likely N-dealkylation sites (tertiary alicyclic amines) is 1. The molecule has 6 heteroatoms. The smallest absolute Gasteiger partial charge is 0.141 e. The van der Waals surface area contributed by atoms with Gasteiger partial charge in [-0.15, -0.1) is 0 Å². The van der Waals surface area contributed by atoms with Crippen molar-refractivity contribution in [3.8, 4) is 11.3 Å². The zero-order valence-electron chi connectivity index (χ0n) is 13.9. The van der Waals surface area contributed by atoms with Crippen LogP contribution in [0, 0.1) is 0 Å². The zero-order chi connectivity index (χ0) is 16.5. The molecule has 4 heterocycles. The lowest BCUT2D eigenvalue weighted by molar-refractivity contribution is 0.271. The molecule has 1 fully saturated rings. The second kappa shape index (κ2) is 6.20. The lowest BCUT2D eigenvalue weighted by atomic mass is 10.2. The largest absolute Gasteiger partial charge is 0.382 e. The number of rotatable bonds is 4. The summed E-state index contributed by atoms with van der Waals surface area (Å²) in [7, 11) is 0. The van der Waals surface area contributed by atoms with Crippen molar-refractivity contribution in [2.24, 2.45) is 0 Å². The van der Waals surface area contributed by atoms with E-state index in [1.807, 2.05) is 18.3 Å². The van der Waals surface area contributed by atoms with Gasteiger partial charge < -0.3 is 15.0 Å². The lowest BCUT2D eigenvalue weighted by Crippen LogP contribution is -2.29. The second-order valence-electron chi connectivity index (χ2n) is 6.52. The number of anilines is 1. The summed E-state index contributed by atoms with van der Waals surface area (Å²) < 4.78 is 2.07. The third kappa shape index (κ3) is 2.97. The summed E-state index contributed by atoms with van der Waals surface area (Å²) in [5.74, 6) is 0.431. The Kier molecular flexibility index (Phi) is 3.90. The average molecular weight is 322 g/mol. The van der Waals surface area contributed by atoms with Crippen molar-refractivity contribution in [1.82, 2.24) is 24.3 Å². The fourth-order valence-electron chi connectivity index (χ4n) is 3.39. The minimum atomic E-state index is 0.431. The molecule has 3 aromatic rings. The van der Waals surface area contributed by atoms with Gasteiger partial charge in [-0.05, 0) is 38.4 Å². The first-order valence-corrected chi connectivity index (χ1v) is 8.48. The van der Waals surface area contributed by atoms with E-state index >= 15 is 0 Å². The number of aromatic nitrogens is 4. The van der Waals surface area contributed by atoms with E-state index in [1.54, 1.807) is 12.4 Å². The molecule has 1 atom stereocenters. The first-order chi connectivity index (χ1) is 11.7. The molecule has 6 nitrogen and oxygen atoms in total. The van der Waals surface area contributed by atoms with Crippen molar-refractivity contribution < 1.29 is 0 Å². The highest BCUT2D eigenvalue weighted by Gasteiger charge is 2.19. The van der Waals surface area contributed by atoms with Gasteiger partial charge in [0.2, 0.25) is 0 Å². The number of fused-ring (bicyclic) bond motifs is 1. The molecule has 4 rings (SSSR count). The summed E-state index contributed by atoms with van der Waals surface area (Å²) in [6.45, 7) is 4.62. The molecule has 2 N–H and O–H groups in total. The van der Waals surface area contributed by atoms with Crippen LogP contribution >= 0.6 is 0 Å². The second-order valence-corrected chi connectivity index (χ2v) is 6.52. The standard InChI is InChI=1S/C18H22N6/c1-13-3-2-7-23(13)8-6-15-12-24-11-14(4-5-18(24)22-15)16-9-21-17(19)10-20-16/h4-5,9-13H,2-3,6-8H2,1H3,(H2,19,21)/t13-/m1/s1. The molecule has 3 aromatic heterocycles. The molecular weight excluding hydrogens is 300 g/mol. The summed E-state index contributed by atoms with van der Waals surface area (Å²) in [6, 6.07) is 4.75. The molecule has 1 saturated heterocycles. The van der Waals surface area contributed by atoms with Crippen LogP contribution in [0.1, 0.15) is 25.5 Å². The molecule has 0 aliphatic carbocycles. The van der Waals surface area contributed by atoms with Crippen LogP contribution in [-0.2, 0) is 6.42 Å². The van der Waals surface area contributed by atoms with Crippen LogP contribution in [-0.4, -0.2) is 43.4 Å².